The summed E-state index contributed by atoms with van der Waals surface area (Å²) in [5, 5.41) is 0. The molecule has 1 unspecified atom stereocenters. The minimum Gasteiger partial charge on any atom is -0.489 e. The van der Waals surface area contributed by atoms with E-state index < -0.39 is 0 Å². The van der Waals surface area contributed by atoms with Gasteiger partial charge in [0.25, 0.3) is 0 Å². The van der Waals surface area contributed by atoms with Gasteiger partial charge in [0.05, 0.1) is 22.6 Å². The van der Waals surface area contributed by atoms with Gasteiger partial charge in [0.15, 0.2) is 5.78 Å². The molecule has 0 amide bonds. The maximum absolute atomic E-state index is 13.1. The van der Waals surface area contributed by atoms with Gasteiger partial charge in [-0.1, -0.05) is 60.2 Å². The number of hydrogen-bond donors (Lipinski definition) is 0. The molecule has 2 aromatic heterocycles. The summed E-state index contributed by atoms with van der Waals surface area (Å²) in [6.07, 6.45) is 13.4. The second-order valence-electron chi connectivity index (χ2n) is 10.5. The van der Waals surface area contributed by atoms with E-state index in [-0.39, 0.29) is 11.7 Å². The molecule has 0 fully saturated rings. The van der Waals surface area contributed by atoms with Crippen LogP contribution in [0.2, 0.25) is 0 Å². The van der Waals surface area contributed by atoms with Crippen LogP contribution in [0.1, 0.15) is 54.1 Å². The molecule has 2 heterocycles. The molecule has 39 heavy (non-hydrogen) atoms. The molecule has 1 atom stereocenters. The van der Waals surface area contributed by atoms with Gasteiger partial charge >= 0.3 is 0 Å². The third-order valence-electron chi connectivity index (χ3n) is 7.78. The SMILES string of the molecule is C=CCOC1=C(c2cc3c(cc(C4CCC=CC4=O)n3-c3ccc(C)cc3)n2-c2ccc(C)cc2)CCC=C1. The van der Waals surface area contributed by atoms with Crippen LogP contribution in [0, 0.1) is 13.8 Å². The molecule has 2 aromatic carbocycles. The van der Waals surface area contributed by atoms with Crippen molar-refractivity contribution in [2.75, 3.05) is 6.61 Å². The summed E-state index contributed by atoms with van der Waals surface area (Å²) >= 11 is 0. The Balaban J connectivity index is 1.66. The molecule has 4 heteroatoms. The number of benzene rings is 2. The summed E-state index contributed by atoms with van der Waals surface area (Å²) in [6, 6.07) is 21.8. The summed E-state index contributed by atoms with van der Waals surface area (Å²) in [6.45, 7) is 8.52. The van der Waals surface area contributed by atoms with Gasteiger partial charge in [-0.3, -0.25) is 4.79 Å². The molecular formula is C35H34N2O2. The number of aryl methyl sites for hydroxylation is 2. The molecule has 4 aromatic rings. The molecule has 2 aliphatic rings. The molecule has 0 saturated carbocycles. The average Bonchev–Trinajstić information content (AvgIpc) is 3.50. The number of nitrogens with zero attached hydrogens (tertiary/aromatic N) is 2. The Morgan fingerprint density at radius 2 is 1.51 bits per heavy atom. The van der Waals surface area contributed by atoms with Crippen molar-refractivity contribution < 1.29 is 9.53 Å². The highest BCUT2D eigenvalue weighted by atomic mass is 16.5. The number of allylic oxidation sites excluding steroid dienone is 5. The lowest BCUT2D eigenvalue weighted by atomic mass is 9.90. The zero-order chi connectivity index (χ0) is 26.9. The van der Waals surface area contributed by atoms with Crippen molar-refractivity contribution in [2.45, 2.75) is 45.4 Å². The number of aromatic nitrogens is 2. The Morgan fingerprint density at radius 3 is 2.18 bits per heavy atom. The van der Waals surface area contributed by atoms with Gasteiger partial charge in [-0.15, -0.1) is 0 Å². The van der Waals surface area contributed by atoms with Crippen molar-refractivity contribution in [3.05, 3.63) is 126 Å². The van der Waals surface area contributed by atoms with Crippen molar-refractivity contribution in [3.8, 4) is 11.4 Å². The second-order valence-corrected chi connectivity index (χ2v) is 10.5. The molecule has 0 radical (unpaired) electrons. The highest BCUT2D eigenvalue weighted by Gasteiger charge is 2.29. The lowest BCUT2D eigenvalue weighted by molar-refractivity contribution is -0.116. The van der Waals surface area contributed by atoms with E-state index in [1.165, 1.54) is 16.7 Å². The van der Waals surface area contributed by atoms with E-state index >= 15 is 0 Å². The third kappa shape index (κ3) is 4.61. The summed E-state index contributed by atoms with van der Waals surface area (Å²) in [5.41, 5.74) is 10.1. The van der Waals surface area contributed by atoms with Gasteiger partial charge in [0.1, 0.15) is 12.4 Å². The Hall–Kier alpha value is -4.31. The number of fused-ring (bicyclic) bond motifs is 1. The summed E-state index contributed by atoms with van der Waals surface area (Å²) < 4.78 is 10.8. The summed E-state index contributed by atoms with van der Waals surface area (Å²) in [7, 11) is 0. The lowest BCUT2D eigenvalue weighted by Gasteiger charge is -2.21. The van der Waals surface area contributed by atoms with Crippen LogP contribution in [-0.2, 0) is 9.53 Å². The molecule has 4 nitrogen and oxygen atoms in total. The van der Waals surface area contributed by atoms with Crippen molar-refractivity contribution in [2.24, 2.45) is 0 Å². The molecule has 0 saturated heterocycles. The van der Waals surface area contributed by atoms with E-state index in [0.717, 1.165) is 65.2 Å². The Labute approximate surface area is 230 Å². The first-order chi connectivity index (χ1) is 19.0. The number of hydrogen-bond acceptors (Lipinski definition) is 2. The summed E-state index contributed by atoms with van der Waals surface area (Å²) in [5.74, 6) is 0.906. The van der Waals surface area contributed by atoms with Crippen molar-refractivity contribution in [3.63, 3.8) is 0 Å². The van der Waals surface area contributed by atoms with E-state index in [4.69, 9.17) is 4.74 Å². The van der Waals surface area contributed by atoms with Crippen molar-refractivity contribution >= 4 is 22.4 Å². The fourth-order valence-electron chi connectivity index (χ4n) is 5.80. The first-order valence-electron chi connectivity index (χ1n) is 13.8. The molecule has 0 N–H and O–H groups in total. The third-order valence-corrected chi connectivity index (χ3v) is 7.78. The monoisotopic (exact) mass is 514 g/mol. The minimum absolute atomic E-state index is 0.165. The van der Waals surface area contributed by atoms with Crippen molar-refractivity contribution in [1.82, 2.24) is 9.13 Å². The van der Waals surface area contributed by atoms with Crippen LogP contribution in [0.5, 0.6) is 0 Å². The quantitative estimate of drug-likeness (QED) is 0.233. The Bertz CT molecular complexity index is 1640. The lowest BCUT2D eigenvalue weighted by Crippen LogP contribution is -2.16. The fourth-order valence-corrected chi connectivity index (χ4v) is 5.80. The molecule has 196 valence electrons. The molecule has 0 spiro atoms. The van der Waals surface area contributed by atoms with E-state index in [1.54, 1.807) is 12.2 Å². The number of carbonyl (C=O) groups is 1. The smallest absolute Gasteiger partial charge is 0.164 e. The van der Waals surface area contributed by atoms with Crippen LogP contribution >= 0.6 is 0 Å². The summed E-state index contributed by atoms with van der Waals surface area (Å²) in [4.78, 5) is 13.1. The van der Waals surface area contributed by atoms with E-state index in [9.17, 15) is 4.79 Å². The van der Waals surface area contributed by atoms with Gasteiger partial charge in [-0.25, -0.2) is 0 Å². The first-order valence-corrected chi connectivity index (χ1v) is 13.8. The predicted molar refractivity (Wildman–Crippen MR) is 160 cm³/mol. The van der Waals surface area contributed by atoms with Gasteiger partial charge in [-0.2, -0.15) is 0 Å². The number of ketones is 1. The first kappa shape index (κ1) is 25.0. The van der Waals surface area contributed by atoms with Gasteiger partial charge in [0, 0.05) is 22.6 Å². The average molecular weight is 515 g/mol. The number of carbonyl (C=O) groups excluding carboxylic acids is 1. The maximum atomic E-state index is 13.1. The molecule has 2 aliphatic carbocycles. The second kappa shape index (κ2) is 10.5. The van der Waals surface area contributed by atoms with Crippen LogP contribution in [0.25, 0.3) is 28.0 Å². The van der Waals surface area contributed by atoms with Crippen LogP contribution < -0.4 is 0 Å². The molecule has 0 aliphatic heterocycles. The Kier molecular flexibility index (Phi) is 6.70. The highest BCUT2D eigenvalue weighted by molar-refractivity contribution is 5.98. The van der Waals surface area contributed by atoms with Crippen LogP contribution in [0.15, 0.2) is 103 Å². The van der Waals surface area contributed by atoms with Crippen LogP contribution in [-0.4, -0.2) is 21.5 Å². The molecule has 0 bridgehead atoms. The van der Waals surface area contributed by atoms with E-state index in [0.29, 0.717) is 6.61 Å². The van der Waals surface area contributed by atoms with Crippen molar-refractivity contribution in [1.29, 1.82) is 0 Å². The largest absolute Gasteiger partial charge is 0.489 e. The topological polar surface area (TPSA) is 36.2 Å². The molecular weight excluding hydrogens is 480 g/mol. The van der Waals surface area contributed by atoms with Gasteiger partial charge in [-0.05, 0) is 88.1 Å². The normalized spacial score (nSPS) is 17.3. The maximum Gasteiger partial charge on any atom is 0.164 e. The molecule has 6 rings (SSSR count). The number of ether oxygens (including phenoxy) is 1. The van der Waals surface area contributed by atoms with Gasteiger partial charge in [0.2, 0.25) is 0 Å². The van der Waals surface area contributed by atoms with E-state index in [2.05, 4.69) is 102 Å². The number of rotatable bonds is 7. The standard InChI is InChI=1S/C35H34N2O2/c1-4-21-39-35-12-8-6-10-29(35)31-23-33-32(37(31)27-19-15-25(3)16-20-27)22-30(28-9-5-7-11-34(28)38)36(33)26-17-13-24(2)14-18-26/h4,7-8,11-20,22-23,28H,1,5-6,9-10,21H2,2-3H3. The zero-order valence-corrected chi connectivity index (χ0v) is 22.7. The van der Waals surface area contributed by atoms with Crippen LogP contribution in [0.4, 0.5) is 0 Å². The van der Waals surface area contributed by atoms with Gasteiger partial charge < -0.3 is 13.9 Å². The highest BCUT2D eigenvalue weighted by Crippen LogP contribution is 2.40. The van der Waals surface area contributed by atoms with E-state index in [1.807, 2.05) is 6.08 Å². The minimum atomic E-state index is -0.165. The van der Waals surface area contributed by atoms with Crippen LogP contribution in [0.3, 0.4) is 0 Å². The Morgan fingerprint density at radius 1 is 0.872 bits per heavy atom. The fraction of sp³-hybridized carbons (Fsp3) is 0.229. The predicted octanol–water partition coefficient (Wildman–Crippen LogP) is 8.30. The zero-order valence-electron chi connectivity index (χ0n) is 22.7.